The van der Waals surface area contributed by atoms with Crippen molar-refractivity contribution in [2.45, 2.75) is 88.8 Å². The Morgan fingerprint density at radius 2 is 1.54 bits per heavy atom. The van der Waals surface area contributed by atoms with Crippen LogP contribution in [0.2, 0.25) is 0 Å². The average molecular weight is 506 g/mol. The van der Waals surface area contributed by atoms with Crippen LogP contribution in [0.5, 0.6) is 0 Å². The predicted octanol–water partition coefficient (Wildman–Crippen LogP) is 1.39. The number of amides is 1. The highest BCUT2D eigenvalue weighted by molar-refractivity contribution is 5.68. The van der Waals surface area contributed by atoms with Crippen molar-refractivity contribution < 1.29 is 47.8 Å². The fourth-order valence-corrected chi connectivity index (χ4v) is 4.71. The Morgan fingerprint density at radius 3 is 2.14 bits per heavy atom. The summed E-state index contributed by atoms with van der Waals surface area (Å²) in [6, 6.07) is -0.371. The molecule has 0 radical (unpaired) electrons. The van der Waals surface area contributed by atoms with E-state index in [9.17, 15) is 4.79 Å². The molecule has 11 nitrogen and oxygen atoms in total. The monoisotopic (exact) mass is 505 g/mol. The molecule has 3 aliphatic rings. The Hall–Kier alpha value is -1.05. The molecule has 0 aromatic heterocycles. The SMILES string of the molecule is CC(C)(C)OC(=O)N[C@@H]1[C@H]2OC(C)(C)O[C@H]2[C@]2(COCCOCCOCCOCCO)CC[C@H]1O2. The van der Waals surface area contributed by atoms with Gasteiger partial charge in [0, 0.05) is 0 Å². The van der Waals surface area contributed by atoms with Crippen molar-refractivity contribution in [3.05, 3.63) is 0 Å². The number of rotatable bonds is 14. The van der Waals surface area contributed by atoms with E-state index >= 15 is 0 Å². The van der Waals surface area contributed by atoms with E-state index in [4.69, 9.17) is 43.0 Å². The molecule has 0 saturated carbocycles. The molecule has 2 bridgehead atoms. The Balaban J connectivity index is 1.43. The summed E-state index contributed by atoms with van der Waals surface area (Å²) in [6.45, 7) is 12.6. The molecule has 3 heterocycles. The lowest BCUT2D eigenvalue weighted by Gasteiger charge is -2.44. The van der Waals surface area contributed by atoms with Crippen molar-refractivity contribution in [2.75, 3.05) is 59.5 Å². The van der Waals surface area contributed by atoms with Gasteiger partial charge in [-0.15, -0.1) is 0 Å². The van der Waals surface area contributed by atoms with Gasteiger partial charge in [0.15, 0.2) is 5.79 Å². The molecule has 35 heavy (non-hydrogen) atoms. The van der Waals surface area contributed by atoms with Gasteiger partial charge in [-0.05, 0) is 47.5 Å². The number of ether oxygens (including phenoxy) is 8. The summed E-state index contributed by atoms with van der Waals surface area (Å²) < 4.78 is 46.4. The molecule has 3 aliphatic heterocycles. The molecule has 2 N–H and O–H groups in total. The molecule has 204 valence electrons. The third-order valence-corrected chi connectivity index (χ3v) is 6.02. The zero-order chi connectivity index (χ0) is 25.5. The van der Waals surface area contributed by atoms with Crippen molar-refractivity contribution in [1.29, 1.82) is 0 Å². The smallest absolute Gasteiger partial charge is 0.408 e. The van der Waals surface area contributed by atoms with Crippen molar-refractivity contribution in [3.8, 4) is 0 Å². The second-order valence-corrected chi connectivity index (χ2v) is 10.6. The van der Waals surface area contributed by atoms with Gasteiger partial charge in [-0.1, -0.05) is 0 Å². The number of hydrogen-bond donors (Lipinski definition) is 2. The molecule has 0 aromatic rings. The number of aliphatic hydroxyl groups excluding tert-OH is 1. The lowest BCUT2D eigenvalue weighted by molar-refractivity contribution is -0.205. The van der Waals surface area contributed by atoms with Crippen molar-refractivity contribution >= 4 is 6.09 Å². The fraction of sp³-hybridized carbons (Fsp3) is 0.958. The van der Waals surface area contributed by atoms with Crippen molar-refractivity contribution in [2.24, 2.45) is 0 Å². The molecule has 1 amide bonds. The number of carbonyl (C=O) groups is 1. The molecular weight excluding hydrogens is 462 g/mol. The highest BCUT2D eigenvalue weighted by Crippen LogP contribution is 2.49. The molecule has 5 atom stereocenters. The number of carbonyl (C=O) groups excluding carboxylic acids is 1. The minimum Gasteiger partial charge on any atom is -0.444 e. The maximum Gasteiger partial charge on any atom is 0.408 e. The molecule has 3 fully saturated rings. The molecule has 0 unspecified atom stereocenters. The summed E-state index contributed by atoms with van der Waals surface area (Å²) in [5.41, 5.74) is -1.23. The maximum atomic E-state index is 12.5. The third kappa shape index (κ3) is 8.22. The minimum atomic E-state index is -0.795. The molecule has 3 rings (SSSR count). The Kier molecular flexibility index (Phi) is 10.2. The molecular formula is C24H43NO10. The van der Waals surface area contributed by atoms with Gasteiger partial charge in [0.05, 0.1) is 71.6 Å². The van der Waals surface area contributed by atoms with Gasteiger partial charge >= 0.3 is 6.09 Å². The summed E-state index contributed by atoms with van der Waals surface area (Å²) in [7, 11) is 0. The average Bonchev–Trinajstić information content (AvgIpc) is 3.31. The van der Waals surface area contributed by atoms with Crippen LogP contribution in [0.25, 0.3) is 0 Å². The first kappa shape index (κ1) is 28.5. The predicted molar refractivity (Wildman–Crippen MR) is 124 cm³/mol. The van der Waals surface area contributed by atoms with E-state index in [0.29, 0.717) is 52.9 Å². The summed E-state index contributed by atoms with van der Waals surface area (Å²) in [5.74, 6) is -0.795. The summed E-state index contributed by atoms with van der Waals surface area (Å²) in [6.07, 6.45) is 0.0698. The molecule has 0 aromatic carbocycles. The van der Waals surface area contributed by atoms with E-state index in [0.717, 1.165) is 12.8 Å². The number of aliphatic hydroxyl groups is 1. The van der Waals surface area contributed by atoms with Crippen LogP contribution in [-0.2, 0) is 37.9 Å². The van der Waals surface area contributed by atoms with Gasteiger partial charge in [0.2, 0.25) is 0 Å². The first-order valence-corrected chi connectivity index (χ1v) is 12.5. The zero-order valence-corrected chi connectivity index (χ0v) is 21.7. The Labute approximate surface area is 208 Å². The van der Waals surface area contributed by atoms with Gasteiger partial charge in [-0.3, -0.25) is 0 Å². The van der Waals surface area contributed by atoms with Gasteiger partial charge in [0.25, 0.3) is 0 Å². The van der Waals surface area contributed by atoms with Crippen LogP contribution in [0.1, 0.15) is 47.5 Å². The molecule has 3 saturated heterocycles. The summed E-state index contributed by atoms with van der Waals surface area (Å²) in [5, 5.41) is 11.6. The molecule has 11 heteroatoms. The van der Waals surface area contributed by atoms with E-state index in [1.165, 1.54) is 0 Å². The van der Waals surface area contributed by atoms with Gasteiger partial charge in [-0.2, -0.15) is 0 Å². The molecule has 0 spiro atoms. The summed E-state index contributed by atoms with van der Waals surface area (Å²) in [4.78, 5) is 12.5. The Morgan fingerprint density at radius 1 is 0.943 bits per heavy atom. The first-order chi connectivity index (χ1) is 16.6. The van der Waals surface area contributed by atoms with Crippen LogP contribution in [0.15, 0.2) is 0 Å². The number of fused-ring (bicyclic) bond motifs is 4. The number of hydrogen-bond acceptors (Lipinski definition) is 10. The number of nitrogens with one attached hydrogen (secondary N) is 1. The normalized spacial score (nSPS) is 31.4. The van der Waals surface area contributed by atoms with Gasteiger partial charge in [0.1, 0.15) is 23.4 Å². The Bertz CT molecular complexity index is 669. The van der Waals surface area contributed by atoms with Crippen LogP contribution >= 0.6 is 0 Å². The number of alkyl carbamates (subject to hydrolysis) is 1. The standard InChI is InChI=1S/C24H43NO10/c1-22(2,3)35-21(27)25-18-17-6-7-24(32-17,20-19(18)33-23(4,5)34-20)16-31-15-14-30-13-12-29-11-10-28-9-8-26/h17-20,26H,6-16H2,1-5H3,(H,25,27)/t17-,18+,19-,20-,24-/m1/s1. The highest BCUT2D eigenvalue weighted by atomic mass is 16.8. The van der Waals surface area contributed by atoms with Crippen LogP contribution in [0, 0.1) is 0 Å². The fourth-order valence-electron chi connectivity index (χ4n) is 4.71. The van der Waals surface area contributed by atoms with E-state index in [-0.39, 0.29) is 31.0 Å². The highest BCUT2D eigenvalue weighted by Gasteiger charge is 2.65. The summed E-state index contributed by atoms with van der Waals surface area (Å²) >= 11 is 0. The first-order valence-electron chi connectivity index (χ1n) is 12.5. The van der Waals surface area contributed by atoms with Gasteiger partial charge in [-0.25, -0.2) is 4.79 Å². The van der Waals surface area contributed by atoms with E-state index < -0.39 is 23.1 Å². The van der Waals surface area contributed by atoms with Crippen LogP contribution in [0.4, 0.5) is 4.79 Å². The zero-order valence-electron chi connectivity index (χ0n) is 21.7. The van der Waals surface area contributed by atoms with Crippen molar-refractivity contribution in [1.82, 2.24) is 5.32 Å². The van der Waals surface area contributed by atoms with E-state index in [1.54, 1.807) is 0 Å². The largest absolute Gasteiger partial charge is 0.444 e. The minimum absolute atomic E-state index is 0.0119. The second kappa shape index (κ2) is 12.5. The van der Waals surface area contributed by atoms with E-state index in [2.05, 4.69) is 5.32 Å². The van der Waals surface area contributed by atoms with Gasteiger partial charge < -0.3 is 48.3 Å². The third-order valence-electron chi connectivity index (χ3n) is 6.02. The lowest BCUT2D eigenvalue weighted by atomic mass is 9.88. The maximum absolute atomic E-state index is 12.5. The molecule has 0 aliphatic carbocycles. The second-order valence-electron chi connectivity index (χ2n) is 10.6. The van der Waals surface area contributed by atoms with E-state index in [1.807, 2.05) is 34.6 Å². The van der Waals surface area contributed by atoms with Crippen LogP contribution in [-0.4, -0.2) is 112 Å². The van der Waals surface area contributed by atoms with Crippen molar-refractivity contribution in [3.63, 3.8) is 0 Å². The van der Waals surface area contributed by atoms with Crippen LogP contribution in [0.3, 0.4) is 0 Å². The lowest BCUT2D eigenvalue weighted by Crippen LogP contribution is -2.65. The topological polar surface area (TPSA) is 123 Å². The quantitative estimate of drug-likeness (QED) is 0.335. The van der Waals surface area contributed by atoms with Crippen LogP contribution < -0.4 is 5.32 Å².